The van der Waals surface area contributed by atoms with Gasteiger partial charge in [0.1, 0.15) is 0 Å². The van der Waals surface area contributed by atoms with Crippen molar-refractivity contribution in [3.05, 3.63) is 42.0 Å². The van der Waals surface area contributed by atoms with Crippen LogP contribution in [0.1, 0.15) is 16.8 Å². The number of hydrogen-bond donors (Lipinski definition) is 1. The predicted molar refractivity (Wildman–Crippen MR) is 83.8 cm³/mol. The van der Waals surface area contributed by atoms with Gasteiger partial charge in [0, 0.05) is 11.8 Å². The van der Waals surface area contributed by atoms with Crippen LogP contribution in [0.5, 0.6) is 0 Å². The van der Waals surface area contributed by atoms with Gasteiger partial charge in [-0.25, -0.2) is 9.69 Å². The van der Waals surface area contributed by atoms with E-state index in [2.05, 4.69) is 0 Å². The number of nitrogens with zero attached hydrogens (tertiary/aromatic N) is 1. The van der Waals surface area contributed by atoms with Crippen molar-refractivity contribution < 1.29 is 19.5 Å². The largest absolute Gasteiger partial charge is 0.478 e. The Kier molecular flexibility index (Phi) is 2.79. The van der Waals surface area contributed by atoms with Crippen LogP contribution in [0.25, 0.3) is 0 Å². The molecule has 1 saturated carbocycles. The van der Waals surface area contributed by atoms with E-state index < -0.39 is 27.5 Å². The van der Waals surface area contributed by atoms with E-state index in [9.17, 15) is 14.4 Å². The van der Waals surface area contributed by atoms with Gasteiger partial charge in [-0.05, 0) is 30.7 Å². The molecule has 1 aliphatic heterocycles. The fourth-order valence-corrected chi connectivity index (χ4v) is 4.80. The maximum Gasteiger partial charge on any atom is 0.335 e. The van der Waals surface area contributed by atoms with Gasteiger partial charge in [-0.15, -0.1) is 23.2 Å². The molecule has 1 aromatic carbocycles. The van der Waals surface area contributed by atoms with E-state index in [1.807, 2.05) is 12.2 Å². The molecular weight excluding hydrogens is 341 g/mol. The molecule has 0 aromatic heterocycles. The van der Waals surface area contributed by atoms with Crippen LogP contribution >= 0.6 is 23.2 Å². The highest BCUT2D eigenvalue weighted by Gasteiger charge is 2.78. The van der Waals surface area contributed by atoms with Crippen molar-refractivity contribution in [2.45, 2.75) is 16.2 Å². The molecule has 2 unspecified atom stereocenters. The maximum atomic E-state index is 12.9. The van der Waals surface area contributed by atoms with Crippen molar-refractivity contribution >= 4 is 46.7 Å². The number of carbonyl (C=O) groups is 3. The van der Waals surface area contributed by atoms with Gasteiger partial charge in [-0.3, -0.25) is 9.59 Å². The number of benzene rings is 1. The number of anilines is 1. The number of carboxylic acids is 1. The fraction of sp³-hybridized carbons (Fsp3) is 0.312. The number of alkyl halides is 2. The van der Waals surface area contributed by atoms with Gasteiger partial charge < -0.3 is 5.11 Å². The first-order valence-electron chi connectivity index (χ1n) is 7.10. The average molecular weight is 352 g/mol. The summed E-state index contributed by atoms with van der Waals surface area (Å²) >= 11 is 13.2. The Hall–Kier alpha value is -1.85. The minimum Gasteiger partial charge on any atom is -0.478 e. The van der Waals surface area contributed by atoms with E-state index in [0.717, 1.165) is 4.90 Å². The van der Waals surface area contributed by atoms with Gasteiger partial charge in [0.2, 0.25) is 0 Å². The third-order valence-corrected chi connectivity index (χ3v) is 6.61. The molecule has 2 aliphatic carbocycles. The van der Waals surface area contributed by atoms with E-state index in [-0.39, 0.29) is 23.1 Å². The summed E-state index contributed by atoms with van der Waals surface area (Å²) in [5, 5.41) is 8.94. The lowest BCUT2D eigenvalue weighted by molar-refractivity contribution is -0.122. The number of amides is 2. The molecule has 3 aliphatic rings. The van der Waals surface area contributed by atoms with Gasteiger partial charge in [-0.2, -0.15) is 0 Å². The van der Waals surface area contributed by atoms with Gasteiger partial charge in [0.15, 0.2) is 9.75 Å². The number of carboxylic acid groups (broad SMARTS) is 1. The van der Waals surface area contributed by atoms with Crippen molar-refractivity contribution in [1.29, 1.82) is 0 Å². The molecule has 1 aromatic rings. The van der Waals surface area contributed by atoms with Crippen molar-refractivity contribution in [2.75, 3.05) is 4.90 Å². The molecule has 4 rings (SSSR count). The lowest BCUT2D eigenvalue weighted by atomic mass is 9.83. The molecular formula is C16H11Cl2NO4. The molecule has 118 valence electrons. The van der Waals surface area contributed by atoms with E-state index in [1.54, 1.807) is 0 Å². The van der Waals surface area contributed by atoms with Crippen molar-refractivity contribution in [3.63, 3.8) is 0 Å². The third-order valence-electron chi connectivity index (χ3n) is 5.04. The highest BCUT2D eigenvalue weighted by molar-refractivity contribution is 6.58. The average Bonchev–Trinajstić information content (AvgIpc) is 3.14. The molecule has 4 atom stereocenters. The Bertz CT molecular complexity index is 754. The summed E-state index contributed by atoms with van der Waals surface area (Å²) < 4.78 is 0. The molecule has 1 heterocycles. The Morgan fingerprint density at radius 3 is 1.96 bits per heavy atom. The topological polar surface area (TPSA) is 74.7 Å². The van der Waals surface area contributed by atoms with Crippen molar-refractivity contribution in [1.82, 2.24) is 0 Å². The minimum absolute atomic E-state index is 0.0657. The van der Waals surface area contributed by atoms with E-state index in [0.29, 0.717) is 6.42 Å². The number of imide groups is 1. The van der Waals surface area contributed by atoms with Crippen molar-refractivity contribution in [3.8, 4) is 0 Å². The van der Waals surface area contributed by atoms with Crippen LogP contribution in [0, 0.1) is 11.8 Å². The SMILES string of the molecule is O=C(O)c1ccc(N2C(=O)C3(Cl)[C@@H]4C=C[C@@H](C4)C3(Cl)C2=O)cc1. The van der Waals surface area contributed by atoms with Gasteiger partial charge in [0.05, 0.1) is 11.3 Å². The maximum absolute atomic E-state index is 12.9. The molecule has 1 saturated heterocycles. The number of aromatic carboxylic acids is 1. The highest BCUT2D eigenvalue weighted by Crippen LogP contribution is 2.64. The normalized spacial score (nSPS) is 37.6. The number of rotatable bonds is 2. The Balaban J connectivity index is 1.80. The molecule has 0 radical (unpaired) electrons. The Morgan fingerprint density at radius 1 is 1.04 bits per heavy atom. The van der Waals surface area contributed by atoms with Crippen LogP contribution in [-0.2, 0) is 9.59 Å². The Labute approximate surface area is 141 Å². The molecule has 2 amide bonds. The van der Waals surface area contributed by atoms with E-state index in [4.69, 9.17) is 28.3 Å². The summed E-state index contributed by atoms with van der Waals surface area (Å²) in [5.41, 5.74) is 0.342. The summed E-state index contributed by atoms with van der Waals surface area (Å²) in [6, 6.07) is 5.49. The third kappa shape index (κ3) is 1.52. The first-order valence-corrected chi connectivity index (χ1v) is 7.86. The second kappa shape index (κ2) is 4.36. The molecule has 1 N–H and O–H groups in total. The zero-order chi connectivity index (χ0) is 16.6. The second-order valence-electron chi connectivity index (χ2n) is 6.05. The van der Waals surface area contributed by atoms with Crippen LogP contribution < -0.4 is 4.90 Å². The molecule has 5 nitrogen and oxygen atoms in total. The van der Waals surface area contributed by atoms with Crippen LogP contribution in [0.3, 0.4) is 0 Å². The van der Waals surface area contributed by atoms with Crippen LogP contribution in [0.2, 0.25) is 0 Å². The van der Waals surface area contributed by atoms with Crippen LogP contribution in [0.15, 0.2) is 36.4 Å². The van der Waals surface area contributed by atoms with E-state index in [1.165, 1.54) is 24.3 Å². The summed E-state index contributed by atoms with van der Waals surface area (Å²) in [6.07, 6.45) is 4.29. The first kappa shape index (κ1) is 14.7. The summed E-state index contributed by atoms with van der Waals surface area (Å²) in [6.45, 7) is 0. The van der Waals surface area contributed by atoms with Crippen molar-refractivity contribution in [2.24, 2.45) is 11.8 Å². The number of carbonyl (C=O) groups excluding carboxylic acids is 2. The minimum atomic E-state index is -1.48. The monoisotopic (exact) mass is 351 g/mol. The smallest absolute Gasteiger partial charge is 0.335 e. The molecule has 2 fully saturated rings. The van der Waals surface area contributed by atoms with Crippen LogP contribution in [-0.4, -0.2) is 32.6 Å². The lowest BCUT2D eigenvalue weighted by Gasteiger charge is -2.32. The van der Waals surface area contributed by atoms with E-state index >= 15 is 0 Å². The number of fused-ring (bicyclic) bond motifs is 5. The lowest BCUT2D eigenvalue weighted by Crippen LogP contribution is -2.51. The molecule has 2 bridgehead atoms. The summed E-state index contributed by atoms with van der Waals surface area (Å²) in [7, 11) is 0. The quantitative estimate of drug-likeness (QED) is 0.504. The zero-order valence-corrected chi connectivity index (χ0v) is 13.2. The van der Waals surface area contributed by atoms with Gasteiger partial charge >= 0.3 is 5.97 Å². The fourth-order valence-electron chi connectivity index (χ4n) is 3.86. The zero-order valence-electron chi connectivity index (χ0n) is 11.7. The molecule has 23 heavy (non-hydrogen) atoms. The predicted octanol–water partition coefficient (Wildman–Crippen LogP) is 2.42. The number of halogens is 2. The highest BCUT2D eigenvalue weighted by atomic mass is 35.5. The number of hydrogen-bond acceptors (Lipinski definition) is 3. The first-order chi connectivity index (χ1) is 10.8. The van der Waals surface area contributed by atoms with Crippen LogP contribution in [0.4, 0.5) is 5.69 Å². The standard InChI is InChI=1S/C16H11Cl2NO4/c17-15-9-3-4-10(7-9)16(15,18)14(23)19(13(15)22)11-5-1-8(2-6-11)12(20)21/h1-6,9-10H,7H2,(H,20,21)/t9-,10+,15?,16?. The molecule has 7 heteroatoms. The van der Waals surface area contributed by atoms with Gasteiger partial charge in [-0.1, -0.05) is 12.2 Å². The summed E-state index contributed by atoms with van der Waals surface area (Å²) in [4.78, 5) is 34.7. The molecule has 0 spiro atoms. The number of allylic oxidation sites excluding steroid dienone is 2. The second-order valence-corrected chi connectivity index (χ2v) is 7.25. The Morgan fingerprint density at radius 2 is 1.52 bits per heavy atom. The summed E-state index contributed by atoms with van der Waals surface area (Å²) in [5.74, 6) is -2.71. The van der Waals surface area contributed by atoms with Gasteiger partial charge in [0.25, 0.3) is 11.8 Å².